The van der Waals surface area contributed by atoms with Gasteiger partial charge in [-0.15, -0.1) is 0 Å². The van der Waals surface area contributed by atoms with Crippen LogP contribution in [-0.4, -0.2) is 45.5 Å². The first-order valence-electron chi connectivity index (χ1n) is 13.6. The van der Waals surface area contributed by atoms with E-state index in [4.69, 9.17) is 18.9 Å². The lowest BCUT2D eigenvalue weighted by Crippen LogP contribution is -2.38. The van der Waals surface area contributed by atoms with Crippen LogP contribution in [-0.2, 0) is 4.79 Å². The largest absolute Gasteiger partial charge is 0.496 e. The molecule has 6 heteroatoms. The Kier molecular flexibility index (Phi) is 9.23. The van der Waals surface area contributed by atoms with Gasteiger partial charge in [-0.05, 0) is 63.9 Å². The Morgan fingerprint density at radius 2 is 0.949 bits per heavy atom. The Hall–Kier alpha value is -3.04. The molecule has 1 aliphatic rings. The minimum Gasteiger partial charge on any atom is -0.496 e. The molecule has 3 aromatic carbocycles. The molecule has 0 N–H and O–H groups in total. The number of Topliss-reactive ketones (excluding diaryl/α,β-unsaturated/α-hetero) is 1. The fraction of sp³-hybridized carbons (Fsp3) is 0.424. The second-order valence-corrected chi connectivity index (χ2v) is 13.3. The van der Waals surface area contributed by atoms with Gasteiger partial charge in [0.25, 0.3) is 0 Å². The summed E-state index contributed by atoms with van der Waals surface area (Å²) >= 11 is 0. The van der Waals surface area contributed by atoms with Crippen molar-refractivity contribution >= 4 is 19.0 Å². The van der Waals surface area contributed by atoms with Crippen LogP contribution in [0, 0.1) is 11.8 Å². The molecule has 208 valence electrons. The summed E-state index contributed by atoms with van der Waals surface area (Å²) in [6.45, 7) is 9.02. The average Bonchev–Trinajstić information content (AvgIpc) is 2.95. The zero-order valence-corrected chi connectivity index (χ0v) is 25.3. The Morgan fingerprint density at radius 1 is 0.615 bits per heavy atom. The van der Waals surface area contributed by atoms with E-state index in [9.17, 15) is 4.79 Å². The van der Waals surface area contributed by atoms with Gasteiger partial charge in [0.05, 0.1) is 39.6 Å². The number of methoxy groups -OCH3 is 4. The summed E-state index contributed by atoms with van der Waals surface area (Å²) < 4.78 is 23.6. The molecule has 0 amide bonds. The highest BCUT2D eigenvalue weighted by molar-refractivity contribution is 7.68. The molecule has 0 aliphatic carbocycles. The normalized spacial score (nSPS) is 19.3. The van der Waals surface area contributed by atoms with Crippen molar-refractivity contribution in [2.24, 2.45) is 11.8 Å². The van der Waals surface area contributed by atoms with Gasteiger partial charge in [0.1, 0.15) is 28.8 Å². The number of carbonyl (C=O) groups is 1. The first kappa shape index (κ1) is 29.0. The van der Waals surface area contributed by atoms with Gasteiger partial charge in [-0.3, -0.25) is 4.79 Å². The second-order valence-electron chi connectivity index (χ2n) is 10.8. The molecule has 5 nitrogen and oxygen atoms in total. The number of ether oxygens (including phenoxy) is 4. The molecule has 1 heterocycles. The van der Waals surface area contributed by atoms with Crippen LogP contribution in [0.2, 0.25) is 0 Å². The highest BCUT2D eigenvalue weighted by Crippen LogP contribution is 2.60. The molecule has 0 aromatic heterocycles. The summed E-state index contributed by atoms with van der Waals surface area (Å²) in [5, 5.41) is 1.25. The van der Waals surface area contributed by atoms with Crippen molar-refractivity contribution in [3.8, 4) is 45.3 Å². The maximum atomic E-state index is 13.1. The van der Waals surface area contributed by atoms with Gasteiger partial charge in [-0.1, -0.05) is 65.9 Å². The standard InChI is InChI=1S/C33H41O5P/c1-20(2)29-18-22(34)19-30(21(3)4)39(29)33-23(31-25(35-5)14-10-15-26(31)36-6)12-9-13-24(33)32-27(37-7)16-11-17-28(32)38-8/h9-17,20-21,29-30H,18-19H2,1-8H3. The van der Waals surface area contributed by atoms with Crippen LogP contribution in [0.15, 0.2) is 54.6 Å². The minimum absolute atomic E-state index is 0.245. The van der Waals surface area contributed by atoms with E-state index in [1.54, 1.807) is 28.4 Å². The molecule has 0 bridgehead atoms. The number of rotatable bonds is 9. The fourth-order valence-electron chi connectivity index (χ4n) is 5.90. The van der Waals surface area contributed by atoms with Gasteiger partial charge < -0.3 is 18.9 Å². The Labute approximate surface area is 234 Å². The lowest BCUT2D eigenvalue weighted by molar-refractivity contribution is -0.119. The minimum atomic E-state index is -0.801. The lowest BCUT2D eigenvalue weighted by atomic mass is 9.96. The second kappa shape index (κ2) is 12.4. The number of carbonyl (C=O) groups excluding carboxylic acids is 1. The van der Waals surface area contributed by atoms with Gasteiger partial charge in [-0.25, -0.2) is 0 Å². The fourth-order valence-corrected chi connectivity index (χ4v) is 10.1. The summed E-state index contributed by atoms with van der Waals surface area (Å²) in [7, 11) is 5.99. The Balaban J connectivity index is 2.18. The molecule has 1 saturated heterocycles. The van der Waals surface area contributed by atoms with E-state index in [0.29, 0.717) is 30.5 Å². The monoisotopic (exact) mass is 548 g/mol. The van der Waals surface area contributed by atoms with E-state index in [0.717, 1.165) is 45.3 Å². The Morgan fingerprint density at radius 3 is 1.26 bits per heavy atom. The van der Waals surface area contributed by atoms with E-state index in [2.05, 4.69) is 45.9 Å². The van der Waals surface area contributed by atoms with E-state index < -0.39 is 7.92 Å². The number of ketones is 1. The average molecular weight is 549 g/mol. The molecule has 39 heavy (non-hydrogen) atoms. The van der Waals surface area contributed by atoms with Crippen LogP contribution in [0.3, 0.4) is 0 Å². The molecule has 0 saturated carbocycles. The van der Waals surface area contributed by atoms with Crippen LogP contribution >= 0.6 is 7.92 Å². The van der Waals surface area contributed by atoms with Crippen molar-refractivity contribution in [3.63, 3.8) is 0 Å². The van der Waals surface area contributed by atoms with Crippen molar-refractivity contribution in [2.45, 2.75) is 51.9 Å². The van der Waals surface area contributed by atoms with Gasteiger partial charge in [0.15, 0.2) is 0 Å². The molecular weight excluding hydrogens is 507 g/mol. The van der Waals surface area contributed by atoms with Crippen LogP contribution in [0.5, 0.6) is 23.0 Å². The third-order valence-electron chi connectivity index (χ3n) is 7.82. The van der Waals surface area contributed by atoms with E-state index >= 15 is 0 Å². The first-order valence-corrected chi connectivity index (χ1v) is 15.1. The van der Waals surface area contributed by atoms with Crippen LogP contribution in [0.1, 0.15) is 40.5 Å². The summed E-state index contributed by atoms with van der Waals surface area (Å²) in [4.78, 5) is 13.1. The predicted octanol–water partition coefficient (Wildman–Crippen LogP) is 7.57. The molecule has 0 spiro atoms. The van der Waals surface area contributed by atoms with Crippen LogP contribution in [0.25, 0.3) is 22.3 Å². The highest BCUT2D eigenvalue weighted by atomic mass is 31.1. The number of hydrogen-bond acceptors (Lipinski definition) is 5. The molecular formula is C33H41O5P. The third kappa shape index (κ3) is 5.52. The van der Waals surface area contributed by atoms with Gasteiger partial charge in [0, 0.05) is 12.8 Å². The van der Waals surface area contributed by atoms with E-state index in [1.807, 2.05) is 36.4 Å². The van der Waals surface area contributed by atoms with Gasteiger partial charge >= 0.3 is 0 Å². The first-order chi connectivity index (χ1) is 18.8. The zero-order chi connectivity index (χ0) is 28.3. The summed E-state index contributed by atoms with van der Waals surface area (Å²) in [5.74, 6) is 4.09. The highest BCUT2D eigenvalue weighted by Gasteiger charge is 2.43. The number of benzene rings is 3. The molecule has 1 fully saturated rings. The predicted molar refractivity (Wildman–Crippen MR) is 162 cm³/mol. The quantitative estimate of drug-likeness (QED) is 0.258. The van der Waals surface area contributed by atoms with Crippen molar-refractivity contribution in [3.05, 3.63) is 54.6 Å². The zero-order valence-electron chi connectivity index (χ0n) is 24.4. The summed E-state index contributed by atoms with van der Waals surface area (Å²) in [6, 6.07) is 18.3. The van der Waals surface area contributed by atoms with Crippen molar-refractivity contribution < 1.29 is 23.7 Å². The molecule has 0 radical (unpaired) electrons. The summed E-state index contributed by atoms with van der Waals surface area (Å²) in [5.41, 5.74) is 4.50. The molecule has 2 atom stereocenters. The van der Waals surface area contributed by atoms with E-state index in [-0.39, 0.29) is 11.3 Å². The smallest absolute Gasteiger partial charge is 0.134 e. The SMILES string of the molecule is COc1cccc(OC)c1-c1cccc(-c2c(OC)cccc2OC)c1P1C(C(C)C)CC(=O)CC1C(C)C. The maximum Gasteiger partial charge on any atom is 0.134 e. The molecule has 4 rings (SSSR count). The van der Waals surface area contributed by atoms with Gasteiger partial charge in [0.2, 0.25) is 0 Å². The van der Waals surface area contributed by atoms with E-state index in [1.165, 1.54) is 5.30 Å². The molecule has 3 aromatic rings. The molecule has 1 aliphatic heterocycles. The molecule has 2 unspecified atom stereocenters. The van der Waals surface area contributed by atoms with Crippen LogP contribution in [0.4, 0.5) is 0 Å². The Bertz CT molecular complexity index is 1180. The lowest BCUT2D eigenvalue weighted by Gasteiger charge is -2.44. The van der Waals surface area contributed by atoms with Crippen molar-refractivity contribution in [2.75, 3.05) is 28.4 Å². The topological polar surface area (TPSA) is 54.0 Å². The number of hydrogen-bond donors (Lipinski definition) is 0. The van der Waals surface area contributed by atoms with Gasteiger partial charge in [-0.2, -0.15) is 0 Å². The van der Waals surface area contributed by atoms with Crippen LogP contribution < -0.4 is 24.3 Å². The van der Waals surface area contributed by atoms with Crippen molar-refractivity contribution in [1.82, 2.24) is 0 Å². The summed E-state index contributed by atoms with van der Waals surface area (Å²) in [6.07, 6.45) is 1.21. The maximum absolute atomic E-state index is 13.1. The third-order valence-corrected chi connectivity index (χ3v) is 11.8. The van der Waals surface area contributed by atoms with Crippen molar-refractivity contribution in [1.29, 1.82) is 0 Å².